The molecule has 0 spiro atoms. The summed E-state index contributed by atoms with van der Waals surface area (Å²) >= 11 is 0. The summed E-state index contributed by atoms with van der Waals surface area (Å²) in [4.78, 5) is 39.0. The van der Waals surface area contributed by atoms with E-state index in [1.165, 1.54) is 48.5 Å². The SMILES string of the molecule is O=C(Cn1cc(/C=C2\NC(=O)N(Cc3ccccc3F)C2=O)c2ccccc21)Nc1ccc(F)cc1. The molecular weight excluding hydrogens is 466 g/mol. The number of hydrogen-bond acceptors (Lipinski definition) is 3. The summed E-state index contributed by atoms with van der Waals surface area (Å²) in [6, 6.07) is 18.1. The van der Waals surface area contributed by atoms with Crippen LogP contribution >= 0.6 is 0 Å². The number of aromatic nitrogens is 1. The van der Waals surface area contributed by atoms with E-state index in [-0.39, 0.29) is 30.3 Å². The summed E-state index contributed by atoms with van der Waals surface area (Å²) < 4.78 is 28.9. The number of rotatable bonds is 6. The minimum atomic E-state index is -0.642. The molecule has 4 amide bonds. The number of benzene rings is 3. The van der Waals surface area contributed by atoms with Gasteiger partial charge in [0.15, 0.2) is 0 Å². The summed E-state index contributed by atoms with van der Waals surface area (Å²) in [7, 11) is 0. The smallest absolute Gasteiger partial charge is 0.329 e. The van der Waals surface area contributed by atoms with Gasteiger partial charge >= 0.3 is 6.03 Å². The number of amides is 4. The zero-order chi connectivity index (χ0) is 25.2. The highest BCUT2D eigenvalue weighted by Gasteiger charge is 2.34. The zero-order valence-corrected chi connectivity index (χ0v) is 18.9. The molecule has 0 saturated carbocycles. The highest BCUT2D eigenvalue weighted by Crippen LogP contribution is 2.25. The maximum atomic E-state index is 14.0. The van der Waals surface area contributed by atoms with Crippen LogP contribution in [0.5, 0.6) is 0 Å². The van der Waals surface area contributed by atoms with E-state index in [0.29, 0.717) is 11.3 Å². The van der Waals surface area contributed by atoms with E-state index in [9.17, 15) is 23.2 Å². The van der Waals surface area contributed by atoms with Gasteiger partial charge in [0.1, 0.15) is 23.9 Å². The molecule has 0 bridgehead atoms. The van der Waals surface area contributed by atoms with Gasteiger partial charge in [0.2, 0.25) is 5.91 Å². The highest BCUT2D eigenvalue weighted by atomic mass is 19.1. The van der Waals surface area contributed by atoms with E-state index in [4.69, 9.17) is 0 Å². The molecule has 36 heavy (non-hydrogen) atoms. The minimum Gasteiger partial charge on any atom is -0.337 e. The molecule has 180 valence electrons. The van der Waals surface area contributed by atoms with Crippen LogP contribution < -0.4 is 10.6 Å². The number of nitrogens with zero attached hydrogens (tertiary/aromatic N) is 2. The highest BCUT2D eigenvalue weighted by molar-refractivity contribution is 6.14. The maximum absolute atomic E-state index is 14.0. The first kappa shape index (κ1) is 23.0. The maximum Gasteiger partial charge on any atom is 0.329 e. The molecule has 0 radical (unpaired) electrons. The molecule has 2 heterocycles. The summed E-state index contributed by atoms with van der Waals surface area (Å²) in [5, 5.41) is 6.04. The number of fused-ring (bicyclic) bond motifs is 1. The summed E-state index contributed by atoms with van der Waals surface area (Å²) in [5.74, 6) is -1.79. The van der Waals surface area contributed by atoms with Crippen molar-refractivity contribution < 1.29 is 23.2 Å². The van der Waals surface area contributed by atoms with Gasteiger partial charge < -0.3 is 15.2 Å². The Labute approximate surface area is 204 Å². The molecular formula is C27H20F2N4O3. The standard InChI is InChI=1S/C27H20F2N4O3/c28-19-9-11-20(12-10-19)30-25(34)16-32-14-18(21-6-2-4-8-24(21)32)13-23-26(35)33(27(36)31-23)15-17-5-1-3-7-22(17)29/h1-14H,15-16H2,(H,30,34)(H,31,36)/b23-13-. The van der Waals surface area contributed by atoms with Crippen molar-refractivity contribution in [3.05, 3.63) is 107 Å². The van der Waals surface area contributed by atoms with Gasteiger partial charge in [0.25, 0.3) is 5.91 Å². The number of imide groups is 1. The number of para-hydroxylation sites is 1. The Bertz CT molecular complexity index is 1530. The second-order valence-corrected chi connectivity index (χ2v) is 8.26. The fraction of sp³-hybridized carbons (Fsp3) is 0.0741. The normalized spacial score (nSPS) is 14.5. The average molecular weight is 486 g/mol. The van der Waals surface area contributed by atoms with E-state index in [0.717, 1.165) is 15.8 Å². The first-order chi connectivity index (χ1) is 17.4. The van der Waals surface area contributed by atoms with Crippen LogP contribution in [0.25, 0.3) is 17.0 Å². The van der Waals surface area contributed by atoms with E-state index in [1.54, 1.807) is 16.8 Å². The molecule has 4 aromatic rings. The van der Waals surface area contributed by atoms with Gasteiger partial charge in [-0.05, 0) is 42.5 Å². The Morgan fingerprint density at radius 1 is 0.944 bits per heavy atom. The predicted octanol–water partition coefficient (Wildman–Crippen LogP) is 4.65. The quantitative estimate of drug-likeness (QED) is 0.307. The number of halogens is 2. The molecule has 0 atom stereocenters. The molecule has 7 nitrogen and oxygen atoms in total. The molecule has 9 heteroatoms. The van der Waals surface area contributed by atoms with Gasteiger partial charge in [-0.15, -0.1) is 0 Å². The van der Waals surface area contributed by atoms with Gasteiger partial charge in [0.05, 0.1) is 6.54 Å². The fourth-order valence-corrected chi connectivity index (χ4v) is 4.08. The molecule has 3 aromatic carbocycles. The minimum absolute atomic E-state index is 0.0270. The van der Waals surface area contributed by atoms with Crippen molar-refractivity contribution in [3.63, 3.8) is 0 Å². The molecule has 2 N–H and O–H groups in total. The number of carbonyl (C=O) groups excluding carboxylic acids is 3. The summed E-state index contributed by atoms with van der Waals surface area (Å²) in [5.41, 5.74) is 2.12. The predicted molar refractivity (Wildman–Crippen MR) is 130 cm³/mol. The summed E-state index contributed by atoms with van der Waals surface area (Å²) in [6.45, 7) is -0.221. The van der Waals surface area contributed by atoms with Crippen LogP contribution in [-0.4, -0.2) is 27.3 Å². The van der Waals surface area contributed by atoms with Crippen molar-refractivity contribution in [1.82, 2.24) is 14.8 Å². The van der Waals surface area contributed by atoms with Crippen molar-refractivity contribution in [3.8, 4) is 0 Å². The van der Waals surface area contributed by atoms with Crippen LogP contribution in [-0.2, 0) is 22.7 Å². The lowest BCUT2D eigenvalue weighted by Crippen LogP contribution is -2.30. The van der Waals surface area contributed by atoms with Gasteiger partial charge in [-0.3, -0.25) is 14.5 Å². The molecule has 0 aliphatic carbocycles. The molecule has 5 rings (SSSR count). The topological polar surface area (TPSA) is 83.4 Å². The largest absolute Gasteiger partial charge is 0.337 e. The molecule has 0 unspecified atom stereocenters. The van der Waals surface area contributed by atoms with Crippen molar-refractivity contribution in [2.24, 2.45) is 0 Å². The number of anilines is 1. The second kappa shape index (κ2) is 9.46. The van der Waals surface area contributed by atoms with E-state index >= 15 is 0 Å². The first-order valence-corrected chi connectivity index (χ1v) is 11.1. The van der Waals surface area contributed by atoms with Crippen LogP contribution in [0.2, 0.25) is 0 Å². The third-order valence-electron chi connectivity index (χ3n) is 5.81. The lowest BCUT2D eigenvalue weighted by atomic mass is 10.1. The zero-order valence-electron chi connectivity index (χ0n) is 18.9. The van der Waals surface area contributed by atoms with Crippen LogP contribution in [0.1, 0.15) is 11.1 Å². The Morgan fingerprint density at radius 3 is 2.44 bits per heavy atom. The number of urea groups is 1. The summed E-state index contributed by atoms with van der Waals surface area (Å²) in [6.07, 6.45) is 3.25. The lowest BCUT2D eigenvalue weighted by molar-refractivity contribution is -0.123. The Kier molecular flexibility index (Phi) is 6.03. The first-order valence-electron chi connectivity index (χ1n) is 11.1. The Morgan fingerprint density at radius 2 is 1.67 bits per heavy atom. The third-order valence-corrected chi connectivity index (χ3v) is 5.81. The monoisotopic (exact) mass is 486 g/mol. The van der Waals surface area contributed by atoms with E-state index in [2.05, 4.69) is 10.6 Å². The second-order valence-electron chi connectivity index (χ2n) is 8.26. The number of carbonyl (C=O) groups is 3. The molecule has 1 aromatic heterocycles. The Hall–Kier alpha value is -4.79. The van der Waals surface area contributed by atoms with Crippen LogP contribution in [0.3, 0.4) is 0 Å². The van der Waals surface area contributed by atoms with Crippen molar-refractivity contribution in [2.75, 3.05) is 5.32 Å². The number of nitrogens with one attached hydrogen (secondary N) is 2. The number of hydrogen-bond donors (Lipinski definition) is 2. The third kappa shape index (κ3) is 4.58. The van der Waals surface area contributed by atoms with Gasteiger partial charge in [-0.1, -0.05) is 36.4 Å². The molecule has 1 fully saturated rings. The van der Waals surface area contributed by atoms with Crippen LogP contribution in [0, 0.1) is 11.6 Å². The van der Waals surface area contributed by atoms with Crippen molar-refractivity contribution in [2.45, 2.75) is 13.1 Å². The van der Waals surface area contributed by atoms with Crippen molar-refractivity contribution in [1.29, 1.82) is 0 Å². The van der Waals surface area contributed by atoms with E-state index < -0.39 is 23.6 Å². The van der Waals surface area contributed by atoms with Gasteiger partial charge in [-0.2, -0.15) is 0 Å². The van der Waals surface area contributed by atoms with Crippen LogP contribution in [0.15, 0.2) is 84.7 Å². The van der Waals surface area contributed by atoms with E-state index in [1.807, 2.05) is 24.3 Å². The lowest BCUT2D eigenvalue weighted by Gasteiger charge is -2.12. The molecule has 1 saturated heterocycles. The van der Waals surface area contributed by atoms with Gasteiger partial charge in [-0.25, -0.2) is 13.6 Å². The van der Waals surface area contributed by atoms with Crippen LogP contribution in [0.4, 0.5) is 19.3 Å². The van der Waals surface area contributed by atoms with Crippen molar-refractivity contribution >= 4 is 40.5 Å². The molecule has 1 aliphatic rings. The Balaban J connectivity index is 1.39. The molecule has 1 aliphatic heterocycles. The fourth-order valence-electron chi connectivity index (χ4n) is 4.08. The van der Waals surface area contributed by atoms with Gasteiger partial charge in [0, 0.05) is 33.9 Å². The average Bonchev–Trinajstić information content (AvgIpc) is 3.33.